The van der Waals surface area contributed by atoms with Gasteiger partial charge in [-0.3, -0.25) is 9.69 Å². The highest BCUT2D eigenvalue weighted by atomic mass is 32.2. The third kappa shape index (κ3) is 6.89. The molecular weight excluding hydrogens is 536 g/mol. The maximum atomic E-state index is 13.9. The van der Waals surface area contributed by atoms with Gasteiger partial charge in [0.05, 0.1) is 19.1 Å². The van der Waals surface area contributed by atoms with Crippen molar-refractivity contribution in [2.75, 3.05) is 58.4 Å². The zero-order chi connectivity index (χ0) is 28.6. The van der Waals surface area contributed by atoms with Gasteiger partial charge in [-0.1, -0.05) is 45.5 Å². The number of fused-ring (bicyclic) bond motifs is 1. The van der Waals surface area contributed by atoms with Gasteiger partial charge in [-0.15, -0.1) is 0 Å². The first kappa shape index (κ1) is 30.8. The van der Waals surface area contributed by atoms with E-state index >= 15 is 0 Å². The van der Waals surface area contributed by atoms with Crippen LogP contribution in [0.4, 0.5) is 5.13 Å². The van der Waals surface area contributed by atoms with E-state index in [1.807, 2.05) is 19.9 Å². The van der Waals surface area contributed by atoms with Crippen LogP contribution in [-0.4, -0.2) is 82.0 Å². The fraction of sp³-hybridized carbons (Fsp3) is 0.500. The first-order valence-electron chi connectivity index (χ1n) is 13.4. The number of thiazole rings is 1. The van der Waals surface area contributed by atoms with Crippen LogP contribution in [0.5, 0.6) is 11.5 Å². The largest absolute Gasteiger partial charge is 0.495 e. The number of anilines is 1. The van der Waals surface area contributed by atoms with E-state index < -0.39 is 10.0 Å². The number of carbonyl (C=O) groups excluding carboxylic acids is 1. The number of ether oxygens (including phenoxy) is 2. The first-order chi connectivity index (χ1) is 18.7. The Balaban J connectivity index is 1.99. The zero-order valence-corrected chi connectivity index (χ0v) is 25.4. The minimum atomic E-state index is -3.64. The van der Waals surface area contributed by atoms with Gasteiger partial charge < -0.3 is 14.4 Å². The van der Waals surface area contributed by atoms with Gasteiger partial charge in [-0.05, 0) is 55.9 Å². The minimum Gasteiger partial charge on any atom is -0.495 e. The highest BCUT2D eigenvalue weighted by Gasteiger charge is 2.26. The summed E-state index contributed by atoms with van der Waals surface area (Å²) in [7, 11) is -0.452. The van der Waals surface area contributed by atoms with Crippen LogP contribution in [0.1, 0.15) is 50.9 Å². The molecule has 214 valence electrons. The van der Waals surface area contributed by atoms with Crippen molar-refractivity contribution < 1.29 is 22.7 Å². The van der Waals surface area contributed by atoms with Crippen molar-refractivity contribution in [3.63, 3.8) is 0 Å². The summed E-state index contributed by atoms with van der Waals surface area (Å²) in [6, 6.07) is 9.83. The molecule has 0 saturated carbocycles. The number of hydrogen-bond donors (Lipinski definition) is 0. The van der Waals surface area contributed by atoms with E-state index in [1.54, 1.807) is 37.3 Å². The number of rotatable bonds is 15. The quantitative estimate of drug-likeness (QED) is 0.248. The van der Waals surface area contributed by atoms with Crippen molar-refractivity contribution >= 4 is 42.6 Å². The minimum absolute atomic E-state index is 0.182. The van der Waals surface area contributed by atoms with E-state index in [0.29, 0.717) is 53.9 Å². The second kappa shape index (κ2) is 14.1. The molecule has 3 rings (SSSR count). The van der Waals surface area contributed by atoms with E-state index in [1.165, 1.54) is 27.8 Å². The molecule has 0 spiro atoms. The Labute approximate surface area is 236 Å². The van der Waals surface area contributed by atoms with E-state index in [0.717, 1.165) is 30.6 Å². The van der Waals surface area contributed by atoms with Crippen LogP contribution in [-0.2, 0) is 10.0 Å². The van der Waals surface area contributed by atoms with Gasteiger partial charge in [0.2, 0.25) is 10.0 Å². The third-order valence-electron chi connectivity index (χ3n) is 6.76. The number of carbonyl (C=O) groups is 1. The summed E-state index contributed by atoms with van der Waals surface area (Å²) < 4.78 is 39.6. The predicted octanol–water partition coefficient (Wildman–Crippen LogP) is 5.11. The molecule has 1 heterocycles. The van der Waals surface area contributed by atoms with Gasteiger partial charge in [0, 0.05) is 31.7 Å². The van der Waals surface area contributed by atoms with Crippen LogP contribution in [0.25, 0.3) is 10.2 Å². The standard InChI is InChI=1S/C28H40N4O5S2/c1-7-11-18-31(10-4)39(34,35)22-14-12-21(13-15-22)27(33)32(20-19-30(8-2)9-3)28-29-25-23(36-5)16-17-24(37-6)26(25)38-28/h12-17H,7-11,18-20H2,1-6H3. The lowest BCUT2D eigenvalue weighted by molar-refractivity contribution is 0.0983. The Morgan fingerprint density at radius 3 is 2.08 bits per heavy atom. The fourth-order valence-electron chi connectivity index (χ4n) is 4.31. The maximum absolute atomic E-state index is 13.9. The number of hydrogen-bond acceptors (Lipinski definition) is 8. The molecule has 0 radical (unpaired) electrons. The van der Waals surface area contributed by atoms with Crippen molar-refractivity contribution in [1.29, 1.82) is 0 Å². The van der Waals surface area contributed by atoms with Crippen LogP contribution in [0.15, 0.2) is 41.3 Å². The van der Waals surface area contributed by atoms with Crippen LogP contribution < -0.4 is 14.4 Å². The molecule has 0 aliphatic rings. The van der Waals surface area contributed by atoms with Crippen LogP contribution in [0.2, 0.25) is 0 Å². The number of likely N-dealkylation sites (N-methyl/N-ethyl adjacent to an activating group) is 1. The lowest BCUT2D eigenvalue weighted by Gasteiger charge is -2.25. The summed E-state index contributed by atoms with van der Waals surface area (Å²) in [5, 5.41) is 0.526. The molecule has 0 atom stereocenters. The van der Waals surface area contributed by atoms with Crippen LogP contribution in [0.3, 0.4) is 0 Å². The molecule has 11 heteroatoms. The van der Waals surface area contributed by atoms with Gasteiger partial charge in [0.25, 0.3) is 5.91 Å². The number of sulfonamides is 1. The van der Waals surface area contributed by atoms with Gasteiger partial charge in [-0.25, -0.2) is 13.4 Å². The molecule has 39 heavy (non-hydrogen) atoms. The molecule has 0 unspecified atom stereocenters. The molecule has 1 amide bonds. The van der Waals surface area contributed by atoms with Gasteiger partial charge in [0.1, 0.15) is 21.7 Å². The van der Waals surface area contributed by atoms with E-state index in [2.05, 4.69) is 18.7 Å². The molecular formula is C28H40N4O5S2. The SMILES string of the molecule is CCCCN(CC)S(=O)(=O)c1ccc(C(=O)N(CCN(CC)CC)c2nc3c(OC)ccc(OC)c3s2)cc1. The zero-order valence-electron chi connectivity index (χ0n) is 23.8. The number of methoxy groups -OCH3 is 2. The summed E-state index contributed by atoms with van der Waals surface area (Å²) in [5.41, 5.74) is 1.02. The third-order valence-corrected chi connectivity index (χ3v) is 9.84. The molecule has 0 aliphatic carbocycles. The molecule has 0 bridgehead atoms. The Morgan fingerprint density at radius 1 is 0.872 bits per heavy atom. The lowest BCUT2D eigenvalue weighted by atomic mass is 10.2. The van der Waals surface area contributed by atoms with Crippen molar-refractivity contribution in [2.45, 2.75) is 45.4 Å². The molecule has 0 saturated heterocycles. The Hall–Kier alpha value is -2.73. The van der Waals surface area contributed by atoms with Crippen molar-refractivity contribution in [3.05, 3.63) is 42.0 Å². The number of unbranched alkanes of at least 4 members (excludes halogenated alkanes) is 1. The Bertz CT molecular complexity index is 1300. The monoisotopic (exact) mass is 576 g/mol. The summed E-state index contributed by atoms with van der Waals surface area (Å²) in [6.07, 6.45) is 1.70. The highest BCUT2D eigenvalue weighted by Crippen LogP contribution is 2.40. The summed E-state index contributed by atoms with van der Waals surface area (Å²) >= 11 is 1.37. The van der Waals surface area contributed by atoms with E-state index in [9.17, 15) is 13.2 Å². The molecule has 0 N–H and O–H groups in total. The number of nitrogens with zero attached hydrogens (tertiary/aromatic N) is 4. The van der Waals surface area contributed by atoms with E-state index in [-0.39, 0.29) is 10.8 Å². The Kier molecular flexibility index (Phi) is 11.1. The second-order valence-corrected chi connectivity index (χ2v) is 11.9. The Morgan fingerprint density at radius 2 is 1.51 bits per heavy atom. The van der Waals surface area contributed by atoms with Gasteiger partial charge in [0.15, 0.2) is 5.13 Å². The number of amides is 1. The summed E-state index contributed by atoms with van der Waals surface area (Å²) in [4.78, 5) is 22.7. The molecule has 9 nitrogen and oxygen atoms in total. The van der Waals surface area contributed by atoms with Gasteiger partial charge >= 0.3 is 0 Å². The smallest absolute Gasteiger partial charge is 0.260 e. The summed E-state index contributed by atoms with van der Waals surface area (Å²) in [5.74, 6) is 1.01. The molecule has 3 aromatic rings. The number of aromatic nitrogens is 1. The topological polar surface area (TPSA) is 92.3 Å². The number of benzene rings is 2. The van der Waals surface area contributed by atoms with E-state index in [4.69, 9.17) is 14.5 Å². The molecule has 1 aromatic heterocycles. The normalized spacial score (nSPS) is 11.9. The first-order valence-corrected chi connectivity index (χ1v) is 15.7. The van der Waals surface area contributed by atoms with Crippen LogP contribution in [0, 0.1) is 0 Å². The lowest BCUT2D eigenvalue weighted by Crippen LogP contribution is -2.39. The van der Waals surface area contributed by atoms with Crippen molar-refractivity contribution in [2.24, 2.45) is 0 Å². The van der Waals surface area contributed by atoms with Crippen molar-refractivity contribution in [3.8, 4) is 11.5 Å². The molecule has 0 aliphatic heterocycles. The molecule has 2 aromatic carbocycles. The maximum Gasteiger partial charge on any atom is 0.260 e. The molecule has 0 fully saturated rings. The summed E-state index contributed by atoms with van der Waals surface area (Å²) in [6.45, 7) is 11.7. The highest BCUT2D eigenvalue weighted by molar-refractivity contribution is 7.89. The van der Waals surface area contributed by atoms with Gasteiger partial charge in [-0.2, -0.15) is 4.31 Å². The second-order valence-electron chi connectivity index (χ2n) is 9.00. The average molecular weight is 577 g/mol. The average Bonchev–Trinajstić information content (AvgIpc) is 3.40. The predicted molar refractivity (Wildman–Crippen MR) is 158 cm³/mol. The van der Waals surface area contributed by atoms with Crippen LogP contribution >= 0.6 is 11.3 Å². The van der Waals surface area contributed by atoms with Crippen molar-refractivity contribution in [1.82, 2.24) is 14.2 Å². The fourth-order valence-corrected chi connectivity index (χ4v) is 6.90.